The number of β-amino-alcohol motifs (C(OH)–C–C–N with tert-alkyl or cyclic N) is 1. The van der Waals surface area contributed by atoms with E-state index in [2.05, 4.69) is 31.0 Å². The van der Waals surface area contributed by atoms with Crippen molar-refractivity contribution in [1.82, 2.24) is 19.7 Å². The van der Waals surface area contributed by atoms with Crippen LogP contribution in [0.2, 0.25) is 0 Å². The third-order valence-corrected chi connectivity index (χ3v) is 7.21. The third-order valence-electron chi connectivity index (χ3n) is 4.98. The molecule has 0 unspecified atom stereocenters. The summed E-state index contributed by atoms with van der Waals surface area (Å²) < 4.78 is 47.6. The van der Waals surface area contributed by atoms with Crippen molar-refractivity contribution in [3.63, 3.8) is 0 Å². The largest absolute Gasteiger partial charge is 0.386 e. The molecule has 162 valence electrons. The monoisotopic (exact) mass is 501 g/mol. The van der Waals surface area contributed by atoms with Crippen LogP contribution in [0.5, 0.6) is 0 Å². The fraction of sp³-hybridized carbons (Fsp3) is 0.500. The first-order chi connectivity index (χ1) is 14.0. The molecule has 3 aromatic rings. The van der Waals surface area contributed by atoms with Gasteiger partial charge in [-0.25, -0.2) is 22.8 Å². The number of hydrogen-bond donors (Lipinski definition) is 1. The quantitative estimate of drug-likeness (QED) is 0.540. The van der Waals surface area contributed by atoms with E-state index in [-0.39, 0.29) is 34.7 Å². The predicted octanol–water partition coefficient (Wildman–Crippen LogP) is 1.80. The Labute approximate surface area is 180 Å². The third kappa shape index (κ3) is 3.55. The molecule has 0 amide bonds. The van der Waals surface area contributed by atoms with Gasteiger partial charge < -0.3 is 14.7 Å². The van der Waals surface area contributed by atoms with Gasteiger partial charge in [0.1, 0.15) is 22.5 Å². The number of aliphatic hydroxyl groups is 1. The summed E-state index contributed by atoms with van der Waals surface area (Å²) in [5, 5.41) is 15.4. The molecule has 0 radical (unpaired) electrons. The molecule has 1 atom stereocenters. The normalized spacial score (nSPS) is 20.8. The number of aryl methyl sites for hydroxylation is 1. The van der Waals surface area contributed by atoms with Crippen LogP contribution in [-0.2, 0) is 21.6 Å². The Morgan fingerprint density at radius 2 is 2.10 bits per heavy atom. The van der Waals surface area contributed by atoms with Crippen molar-refractivity contribution >= 4 is 53.4 Å². The molecule has 0 spiro atoms. The topological polar surface area (TPSA) is 110 Å². The zero-order valence-corrected chi connectivity index (χ0v) is 19.1. The molecule has 1 aliphatic rings. The number of nitrogens with zero attached hydrogens (tertiary/aromatic N) is 5. The van der Waals surface area contributed by atoms with Gasteiger partial charge in [0.2, 0.25) is 15.0 Å². The first-order valence-electron chi connectivity index (χ1n) is 9.34. The first kappa shape index (κ1) is 21.3. The van der Waals surface area contributed by atoms with E-state index in [0.29, 0.717) is 29.4 Å². The average molecular weight is 502 g/mol. The van der Waals surface area contributed by atoms with Crippen LogP contribution >= 0.6 is 15.9 Å². The zero-order valence-electron chi connectivity index (χ0n) is 16.7. The molecule has 0 saturated carbocycles. The summed E-state index contributed by atoms with van der Waals surface area (Å²) in [5.41, 5.74) is -0.944. The molecule has 2 aromatic heterocycles. The Bertz CT molecular complexity index is 1260. The standard InChI is InChI=1S/C18H21BrFN5O4S/c1-4-30(27,28)17-21-15-11(10-7-24(3)23-14(10)12(19)13(15)20)16(22-17)25-5-6-29-9-18(2,26)8-25/h7,26H,4-6,8-9H2,1-3H3/t18-/m0/s1. The average Bonchev–Trinajstić information content (AvgIpc) is 2.99. The Hall–Kier alpha value is -1.89. The number of rotatable bonds is 3. The van der Waals surface area contributed by atoms with E-state index >= 15 is 4.39 Å². The molecule has 1 aromatic carbocycles. The van der Waals surface area contributed by atoms with E-state index in [0.717, 1.165) is 0 Å². The van der Waals surface area contributed by atoms with E-state index in [1.807, 2.05) is 0 Å². The molecule has 12 heteroatoms. The van der Waals surface area contributed by atoms with Crippen molar-refractivity contribution < 1.29 is 22.7 Å². The van der Waals surface area contributed by atoms with Crippen LogP contribution < -0.4 is 4.90 Å². The van der Waals surface area contributed by atoms with E-state index in [4.69, 9.17) is 4.74 Å². The number of hydrogen-bond acceptors (Lipinski definition) is 8. The maximum atomic E-state index is 15.3. The number of fused-ring (bicyclic) bond motifs is 3. The summed E-state index contributed by atoms with van der Waals surface area (Å²) >= 11 is 3.22. The van der Waals surface area contributed by atoms with E-state index in [1.165, 1.54) is 11.6 Å². The van der Waals surface area contributed by atoms with Crippen LogP contribution in [0.4, 0.5) is 10.2 Å². The van der Waals surface area contributed by atoms with E-state index in [9.17, 15) is 13.5 Å². The highest BCUT2D eigenvalue weighted by Crippen LogP contribution is 2.38. The summed E-state index contributed by atoms with van der Waals surface area (Å²) in [6, 6.07) is 0. The second-order valence-electron chi connectivity index (χ2n) is 7.62. The van der Waals surface area contributed by atoms with Crippen LogP contribution in [-0.4, -0.2) is 70.9 Å². The summed E-state index contributed by atoms with van der Waals surface area (Å²) in [6.07, 6.45) is 1.70. The number of benzene rings is 1. The van der Waals surface area contributed by atoms with Gasteiger partial charge in [-0.05, 0) is 22.9 Å². The van der Waals surface area contributed by atoms with Crippen LogP contribution in [0, 0.1) is 5.82 Å². The zero-order chi connectivity index (χ0) is 21.8. The van der Waals surface area contributed by atoms with Crippen LogP contribution in [0.1, 0.15) is 13.8 Å². The van der Waals surface area contributed by atoms with E-state index < -0.39 is 26.4 Å². The molecule has 4 rings (SSSR count). The van der Waals surface area contributed by atoms with Crippen molar-refractivity contribution in [3.05, 3.63) is 16.5 Å². The SMILES string of the molecule is CCS(=O)(=O)c1nc(N2CCOC[C@@](C)(O)C2)c2c(n1)c(F)c(Br)c1nn(C)cc12. The lowest BCUT2D eigenvalue weighted by molar-refractivity contribution is -0.0123. The molecule has 1 N–H and O–H groups in total. The second kappa shape index (κ2) is 7.36. The Balaban J connectivity index is 2.13. The lowest BCUT2D eigenvalue weighted by atomic mass is 10.1. The van der Waals surface area contributed by atoms with Crippen LogP contribution in [0.15, 0.2) is 15.8 Å². The predicted molar refractivity (Wildman–Crippen MR) is 113 cm³/mol. The molecule has 0 aliphatic carbocycles. The molecule has 3 heterocycles. The Morgan fingerprint density at radius 3 is 2.80 bits per heavy atom. The minimum atomic E-state index is -3.81. The smallest absolute Gasteiger partial charge is 0.249 e. The molecule has 1 fully saturated rings. The number of anilines is 1. The van der Waals surface area contributed by atoms with Crippen molar-refractivity contribution in [2.75, 3.05) is 37.0 Å². The van der Waals surface area contributed by atoms with Gasteiger partial charge in [-0.3, -0.25) is 4.68 Å². The van der Waals surface area contributed by atoms with Gasteiger partial charge in [0, 0.05) is 25.2 Å². The lowest BCUT2D eigenvalue weighted by Crippen LogP contribution is -2.42. The number of aromatic nitrogens is 4. The molecule has 0 bridgehead atoms. The fourth-order valence-electron chi connectivity index (χ4n) is 3.56. The van der Waals surface area contributed by atoms with Crippen molar-refractivity contribution in [3.8, 4) is 0 Å². The summed E-state index contributed by atoms with van der Waals surface area (Å²) in [5.74, 6) is -0.719. The molecule has 9 nitrogen and oxygen atoms in total. The highest BCUT2D eigenvalue weighted by Gasteiger charge is 2.32. The van der Waals surface area contributed by atoms with Gasteiger partial charge in [-0.15, -0.1) is 0 Å². The molecule has 1 saturated heterocycles. The first-order valence-corrected chi connectivity index (χ1v) is 11.8. The number of ether oxygens (including phenoxy) is 1. The van der Waals surface area contributed by atoms with Gasteiger partial charge in [-0.2, -0.15) is 5.10 Å². The second-order valence-corrected chi connectivity index (χ2v) is 10.6. The Kier molecular flexibility index (Phi) is 5.24. The maximum absolute atomic E-state index is 15.3. The minimum Gasteiger partial charge on any atom is -0.386 e. The van der Waals surface area contributed by atoms with Gasteiger partial charge in [-0.1, -0.05) is 6.92 Å². The Morgan fingerprint density at radius 1 is 1.37 bits per heavy atom. The fourth-order valence-corrected chi connectivity index (χ4v) is 4.75. The summed E-state index contributed by atoms with van der Waals surface area (Å²) in [7, 11) is -2.11. The number of halogens is 2. The molecule has 1 aliphatic heterocycles. The summed E-state index contributed by atoms with van der Waals surface area (Å²) in [4.78, 5) is 10.2. The van der Waals surface area contributed by atoms with Crippen LogP contribution in [0.3, 0.4) is 0 Å². The number of sulfone groups is 1. The van der Waals surface area contributed by atoms with Crippen molar-refractivity contribution in [2.24, 2.45) is 7.05 Å². The van der Waals surface area contributed by atoms with Gasteiger partial charge in [0.25, 0.3) is 0 Å². The van der Waals surface area contributed by atoms with Gasteiger partial charge in [0.15, 0.2) is 5.82 Å². The van der Waals surface area contributed by atoms with Gasteiger partial charge in [0.05, 0.1) is 35.4 Å². The van der Waals surface area contributed by atoms with Crippen molar-refractivity contribution in [2.45, 2.75) is 24.6 Å². The van der Waals surface area contributed by atoms with Crippen LogP contribution in [0.25, 0.3) is 21.8 Å². The molecule has 30 heavy (non-hydrogen) atoms. The maximum Gasteiger partial charge on any atom is 0.249 e. The summed E-state index contributed by atoms with van der Waals surface area (Å²) in [6.45, 7) is 3.98. The molecular formula is C18H21BrFN5O4S. The van der Waals surface area contributed by atoms with Crippen molar-refractivity contribution in [1.29, 1.82) is 0 Å². The minimum absolute atomic E-state index is 0.0984. The van der Waals surface area contributed by atoms with Gasteiger partial charge >= 0.3 is 0 Å². The highest BCUT2D eigenvalue weighted by atomic mass is 79.9. The lowest BCUT2D eigenvalue weighted by Gasteiger charge is -2.29. The molecular weight excluding hydrogens is 481 g/mol. The van der Waals surface area contributed by atoms with E-state index in [1.54, 1.807) is 25.1 Å². The highest BCUT2D eigenvalue weighted by molar-refractivity contribution is 9.10.